The van der Waals surface area contributed by atoms with Gasteiger partial charge in [0, 0.05) is 24.2 Å². The Balaban J connectivity index is 1.71. The fourth-order valence-electron chi connectivity index (χ4n) is 6.83. The summed E-state index contributed by atoms with van der Waals surface area (Å²) in [6.07, 6.45) is 6.86. The number of hydrogen-bond donors (Lipinski definition) is 1. The van der Waals surface area contributed by atoms with Crippen molar-refractivity contribution in [3.8, 4) is 0 Å². The van der Waals surface area contributed by atoms with Gasteiger partial charge in [-0.15, -0.1) is 0 Å². The summed E-state index contributed by atoms with van der Waals surface area (Å²) >= 11 is 0. The lowest BCUT2D eigenvalue weighted by molar-refractivity contribution is -0.162. The normalized spacial score (nSPS) is 54.6. The zero-order valence-electron chi connectivity index (χ0n) is 13.8. The van der Waals surface area contributed by atoms with Gasteiger partial charge in [0.05, 0.1) is 6.10 Å². The molecule has 0 aromatic rings. The van der Waals surface area contributed by atoms with E-state index in [1.165, 1.54) is 0 Å². The van der Waals surface area contributed by atoms with Crippen LogP contribution in [0.1, 0.15) is 65.2 Å². The number of ketones is 2. The molecule has 0 bridgehead atoms. The van der Waals surface area contributed by atoms with Gasteiger partial charge in [-0.3, -0.25) is 9.59 Å². The van der Waals surface area contributed by atoms with Crippen molar-refractivity contribution in [1.29, 1.82) is 0 Å². The van der Waals surface area contributed by atoms with Crippen molar-refractivity contribution in [2.24, 2.45) is 34.5 Å². The molecule has 0 aromatic carbocycles. The monoisotopic (exact) mass is 304 g/mol. The van der Waals surface area contributed by atoms with Crippen LogP contribution in [-0.2, 0) is 9.59 Å². The zero-order valence-corrected chi connectivity index (χ0v) is 13.8. The number of carbonyl (C=O) groups excluding carboxylic acids is 2. The Morgan fingerprint density at radius 2 is 1.86 bits per heavy atom. The van der Waals surface area contributed by atoms with Crippen molar-refractivity contribution in [3.63, 3.8) is 0 Å². The minimum absolute atomic E-state index is 0.0617. The molecule has 7 atom stereocenters. The summed E-state index contributed by atoms with van der Waals surface area (Å²) in [5.41, 5.74) is -0.304. The summed E-state index contributed by atoms with van der Waals surface area (Å²) in [4.78, 5) is 25.4. The van der Waals surface area contributed by atoms with E-state index in [0.29, 0.717) is 42.2 Å². The first-order valence-corrected chi connectivity index (χ1v) is 9.10. The molecule has 0 saturated heterocycles. The number of aliphatic hydroxyl groups is 1. The second-order valence-electron chi connectivity index (χ2n) is 8.98. The zero-order chi connectivity index (χ0) is 15.7. The highest BCUT2D eigenvalue weighted by molar-refractivity contribution is 5.95. The molecule has 0 heterocycles. The molecule has 4 fully saturated rings. The first-order chi connectivity index (χ1) is 10.4. The third kappa shape index (κ3) is 1.78. The van der Waals surface area contributed by atoms with Gasteiger partial charge in [0.1, 0.15) is 11.6 Å². The molecule has 4 rings (SSSR count). The average Bonchev–Trinajstić information content (AvgIpc) is 2.75. The van der Waals surface area contributed by atoms with Crippen LogP contribution >= 0.6 is 0 Å². The summed E-state index contributed by atoms with van der Waals surface area (Å²) in [5.74, 6) is 2.14. The third-order valence-corrected chi connectivity index (χ3v) is 8.04. The smallest absolute Gasteiger partial charge is 0.139 e. The Labute approximate surface area is 132 Å². The van der Waals surface area contributed by atoms with Crippen molar-refractivity contribution < 1.29 is 14.7 Å². The van der Waals surface area contributed by atoms with Crippen molar-refractivity contribution in [1.82, 2.24) is 0 Å². The van der Waals surface area contributed by atoms with Crippen LogP contribution < -0.4 is 0 Å². The Hall–Kier alpha value is -0.700. The fourth-order valence-corrected chi connectivity index (χ4v) is 6.83. The molecule has 0 amide bonds. The van der Waals surface area contributed by atoms with Gasteiger partial charge in [-0.2, -0.15) is 0 Å². The van der Waals surface area contributed by atoms with E-state index in [-0.39, 0.29) is 22.9 Å². The fraction of sp³-hybridized carbons (Fsp3) is 0.895. The molecular formula is C19H28O3. The topological polar surface area (TPSA) is 54.4 Å². The molecule has 22 heavy (non-hydrogen) atoms. The van der Waals surface area contributed by atoms with Gasteiger partial charge in [0.15, 0.2) is 0 Å². The van der Waals surface area contributed by atoms with E-state index in [1.54, 1.807) is 0 Å². The summed E-state index contributed by atoms with van der Waals surface area (Å²) in [5, 5.41) is 10.0. The van der Waals surface area contributed by atoms with E-state index in [0.717, 1.165) is 38.5 Å². The number of hydrogen-bond acceptors (Lipinski definition) is 3. The van der Waals surface area contributed by atoms with E-state index >= 15 is 0 Å². The number of fused-ring (bicyclic) bond motifs is 5. The predicted octanol–water partition coefficient (Wildman–Crippen LogP) is 3.14. The molecule has 1 N–H and O–H groups in total. The Kier molecular flexibility index (Phi) is 3.15. The molecular weight excluding hydrogens is 276 g/mol. The van der Waals surface area contributed by atoms with Crippen LogP contribution in [0.25, 0.3) is 0 Å². The second-order valence-corrected chi connectivity index (χ2v) is 8.98. The van der Waals surface area contributed by atoms with Gasteiger partial charge in [-0.25, -0.2) is 0 Å². The highest BCUT2D eigenvalue weighted by Gasteiger charge is 2.63. The van der Waals surface area contributed by atoms with Gasteiger partial charge in [0.25, 0.3) is 0 Å². The lowest BCUT2D eigenvalue weighted by Gasteiger charge is -2.58. The van der Waals surface area contributed by atoms with Crippen molar-refractivity contribution in [2.45, 2.75) is 71.3 Å². The first kappa shape index (κ1) is 14.9. The molecule has 4 aliphatic carbocycles. The summed E-state index contributed by atoms with van der Waals surface area (Å²) in [6.45, 7) is 4.36. The van der Waals surface area contributed by atoms with Gasteiger partial charge < -0.3 is 5.11 Å². The summed E-state index contributed by atoms with van der Waals surface area (Å²) in [7, 11) is 0. The van der Waals surface area contributed by atoms with Crippen molar-refractivity contribution in [3.05, 3.63) is 0 Å². The Morgan fingerprint density at radius 1 is 1.09 bits per heavy atom. The molecule has 122 valence electrons. The number of carbonyl (C=O) groups is 2. The lowest BCUT2D eigenvalue weighted by Crippen LogP contribution is -2.57. The van der Waals surface area contributed by atoms with E-state index in [9.17, 15) is 14.7 Å². The van der Waals surface area contributed by atoms with E-state index < -0.39 is 0 Å². The van der Waals surface area contributed by atoms with Gasteiger partial charge in [0.2, 0.25) is 0 Å². The summed E-state index contributed by atoms with van der Waals surface area (Å²) < 4.78 is 0. The van der Waals surface area contributed by atoms with Crippen LogP contribution in [0.4, 0.5) is 0 Å². The quantitative estimate of drug-likeness (QED) is 0.748. The van der Waals surface area contributed by atoms with Crippen LogP contribution in [0.5, 0.6) is 0 Å². The molecule has 0 radical (unpaired) electrons. The SMILES string of the molecule is CC12CC(=O)C3C(CCC4CC(O)CC[C@@]43C)C1CCC2=O. The lowest BCUT2D eigenvalue weighted by atomic mass is 9.45. The van der Waals surface area contributed by atoms with Gasteiger partial charge >= 0.3 is 0 Å². The minimum atomic E-state index is -0.365. The van der Waals surface area contributed by atoms with Crippen LogP contribution in [0.2, 0.25) is 0 Å². The van der Waals surface area contributed by atoms with Gasteiger partial charge in [-0.1, -0.05) is 13.8 Å². The van der Waals surface area contributed by atoms with Crippen LogP contribution in [-0.4, -0.2) is 22.8 Å². The van der Waals surface area contributed by atoms with E-state index in [1.807, 2.05) is 0 Å². The highest BCUT2D eigenvalue weighted by Crippen LogP contribution is 2.64. The maximum absolute atomic E-state index is 13.0. The Bertz CT molecular complexity index is 527. The third-order valence-electron chi connectivity index (χ3n) is 8.04. The maximum Gasteiger partial charge on any atom is 0.139 e. The maximum atomic E-state index is 13.0. The van der Waals surface area contributed by atoms with Crippen LogP contribution in [0.3, 0.4) is 0 Å². The largest absolute Gasteiger partial charge is 0.393 e. The standard InChI is InChI=1S/C19H28O3/c1-18-8-7-12(20)9-11(18)3-4-13-14-5-6-16(22)19(14,2)10-15(21)17(13)18/h11-14,17,20H,3-10H2,1-2H3/t11?,12?,13?,14?,17?,18-,19?/m0/s1. The average molecular weight is 304 g/mol. The minimum Gasteiger partial charge on any atom is -0.393 e. The van der Waals surface area contributed by atoms with E-state index in [2.05, 4.69) is 13.8 Å². The van der Waals surface area contributed by atoms with Gasteiger partial charge in [-0.05, 0) is 61.7 Å². The van der Waals surface area contributed by atoms with Crippen LogP contribution in [0.15, 0.2) is 0 Å². The molecule has 0 spiro atoms. The molecule has 4 saturated carbocycles. The molecule has 0 aliphatic heterocycles. The number of rotatable bonds is 0. The molecule has 3 nitrogen and oxygen atoms in total. The van der Waals surface area contributed by atoms with Crippen LogP contribution in [0, 0.1) is 34.5 Å². The summed E-state index contributed by atoms with van der Waals surface area (Å²) in [6, 6.07) is 0. The molecule has 4 aliphatic rings. The molecule has 3 heteroatoms. The molecule has 6 unspecified atom stereocenters. The first-order valence-electron chi connectivity index (χ1n) is 9.10. The highest BCUT2D eigenvalue weighted by atomic mass is 16.3. The number of aliphatic hydroxyl groups excluding tert-OH is 1. The van der Waals surface area contributed by atoms with Crippen molar-refractivity contribution >= 4 is 11.6 Å². The van der Waals surface area contributed by atoms with E-state index in [4.69, 9.17) is 0 Å². The second kappa shape index (κ2) is 4.66. The van der Waals surface area contributed by atoms with Crippen molar-refractivity contribution in [2.75, 3.05) is 0 Å². The predicted molar refractivity (Wildman–Crippen MR) is 83.1 cm³/mol. The number of Topliss-reactive ketones (excluding diaryl/α,β-unsaturated/α-hetero) is 2. The molecule has 0 aromatic heterocycles. The Morgan fingerprint density at radius 3 is 2.64 bits per heavy atom.